The lowest BCUT2D eigenvalue weighted by Crippen LogP contribution is -2.41. The maximum Gasteiger partial charge on any atom is 0.255 e. The van der Waals surface area contributed by atoms with Gasteiger partial charge in [-0.2, -0.15) is 0 Å². The van der Waals surface area contributed by atoms with E-state index in [9.17, 15) is 9.90 Å². The summed E-state index contributed by atoms with van der Waals surface area (Å²) in [6.07, 6.45) is 9.26. The summed E-state index contributed by atoms with van der Waals surface area (Å²) in [6.45, 7) is 0.544. The molecular formula is C16H23NO2S. The lowest BCUT2D eigenvalue weighted by Gasteiger charge is -2.29. The SMILES string of the molecule is O=C(c1csc2c1CCCC2)N(CCO)C1CCCC1. The van der Waals surface area contributed by atoms with Gasteiger partial charge in [-0.3, -0.25) is 4.79 Å². The van der Waals surface area contributed by atoms with Gasteiger partial charge in [-0.25, -0.2) is 0 Å². The number of aliphatic hydroxyl groups excluding tert-OH is 1. The summed E-state index contributed by atoms with van der Waals surface area (Å²) in [6, 6.07) is 0.341. The molecule has 1 N–H and O–H groups in total. The summed E-state index contributed by atoms with van der Waals surface area (Å²) in [4.78, 5) is 16.2. The molecule has 0 radical (unpaired) electrons. The maximum atomic E-state index is 12.9. The Morgan fingerprint density at radius 1 is 1.25 bits per heavy atom. The van der Waals surface area contributed by atoms with E-state index in [1.807, 2.05) is 4.90 Å². The highest BCUT2D eigenvalue weighted by Gasteiger charge is 2.29. The highest BCUT2D eigenvalue weighted by molar-refractivity contribution is 7.10. The Morgan fingerprint density at radius 3 is 2.75 bits per heavy atom. The lowest BCUT2D eigenvalue weighted by atomic mass is 9.95. The second kappa shape index (κ2) is 6.27. The molecule has 1 aromatic heterocycles. The summed E-state index contributed by atoms with van der Waals surface area (Å²) >= 11 is 1.75. The van der Waals surface area contributed by atoms with Crippen molar-refractivity contribution in [2.45, 2.75) is 57.4 Å². The molecule has 1 saturated carbocycles. The molecule has 1 aromatic rings. The highest BCUT2D eigenvalue weighted by Crippen LogP contribution is 2.32. The molecule has 4 heteroatoms. The predicted octanol–water partition coefficient (Wildman–Crippen LogP) is 3.00. The summed E-state index contributed by atoms with van der Waals surface area (Å²) in [5, 5.41) is 11.3. The van der Waals surface area contributed by atoms with E-state index in [2.05, 4.69) is 5.38 Å². The number of fused-ring (bicyclic) bond motifs is 1. The Morgan fingerprint density at radius 2 is 2.00 bits per heavy atom. The smallest absolute Gasteiger partial charge is 0.255 e. The summed E-state index contributed by atoms with van der Waals surface area (Å²) in [7, 11) is 0. The first-order valence-electron chi connectivity index (χ1n) is 7.82. The van der Waals surface area contributed by atoms with Crippen LogP contribution < -0.4 is 0 Å². The van der Waals surface area contributed by atoms with Crippen molar-refractivity contribution in [3.8, 4) is 0 Å². The van der Waals surface area contributed by atoms with Gasteiger partial charge in [0.15, 0.2) is 0 Å². The molecule has 0 aromatic carbocycles. The van der Waals surface area contributed by atoms with Crippen LogP contribution >= 0.6 is 11.3 Å². The third kappa shape index (κ3) is 2.63. The molecule has 2 aliphatic carbocycles. The van der Waals surface area contributed by atoms with Crippen LogP contribution in [0.15, 0.2) is 5.38 Å². The number of thiophene rings is 1. The lowest BCUT2D eigenvalue weighted by molar-refractivity contribution is 0.0637. The predicted molar refractivity (Wildman–Crippen MR) is 81.3 cm³/mol. The van der Waals surface area contributed by atoms with E-state index in [4.69, 9.17) is 0 Å². The molecule has 3 rings (SSSR count). The monoisotopic (exact) mass is 293 g/mol. The molecule has 0 aliphatic heterocycles. The Kier molecular flexibility index (Phi) is 4.41. The van der Waals surface area contributed by atoms with Gasteiger partial charge in [-0.1, -0.05) is 12.8 Å². The third-order valence-corrected chi connectivity index (χ3v) is 5.75. The summed E-state index contributed by atoms with van der Waals surface area (Å²) < 4.78 is 0. The fraction of sp³-hybridized carbons (Fsp3) is 0.688. The van der Waals surface area contributed by atoms with Gasteiger partial charge in [0.25, 0.3) is 5.91 Å². The van der Waals surface area contributed by atoms with Gasteiger partial charge in [-0.15, -0.1) is 11.3 Å². The minimum absolute atomic E-state index is 0.0641. The minimum atomic E-state index is 0.0641. The highest BCUT2D eigenvalue weighted by atomic mass is 32.1. The van der Waals surface area contributed by atoms with E-state index in [1.165, 1.54) is 36.1 Å². The van der Waals surface area contributed by atoms with E-state index in [0.29, 0.717) is 12.6 Å². The molecule has 0 unspecified atom stereocenters. The number of amides is 1. The van der Waals surface area contributed by atoms with Crippen molar-refractivity contribution in [3.05, 3.63) is 21.4 Å². The fourth-order valence-corrected chi connectivity index (χ4v) is 4.72. The van der Waals surface area contributed by atoms with E-state index >= 15 is 0 Å². The van der Waals surface area contributed by atoms with Crippen molar-refractivity contribution in [3.63, 3.8) is 0 Å². The van der Waals surface area contributed by atoms with Crippen LogP contribution in [0, 0.1) is 0 Å². The molecule has 1 amide bonds. The molecule has 0 atom stereocenters. The van der Waals surface area contributed by atoms with Crippen LogP contribution in [0.1, 0.15) is 59.3 Å². The maximum absolute atomic E-state index is 12.9. The molecule has 20 heavy (non-hydrogen) atoms. The van der Waals surface area contributed by atoms with Crippen LogP contribution in [-0.2, 0) is 12.8 Å². The number of hydrogen-bond acceptors (Lipinski definition) is 3. The topological polar surface area (TPSA) is 40.5 Å². The standard InChI is InChI=1S/C16H23NO2S/c18-10-9-17(12-5-1-2-6-12)16(19)14-11-20-15-8-4-3-7-13(14)15/h11-12,18H,1-10H2. The van der Waals surface area contributed by atoms with Crippen molar-refractivity contribution in [1.82, 2.24) is 4.90 Å². The number of carbonyl (C=O) groups excluding carboxylic acids is 1. The molecular weight excluding hydrogens is 270 g/mol. The van der Waals surface area contributed by atoms with Gasteiger partial charge in [0, 0.05) is 22.8 Å². The van der Waals surface area contributed by atoms with Crippen molar-refractivity contribution in [1.29, 1.82) is 0 Å². The van der Waals surface area contributed by atoms with Gasteiger partial charge in [-0.05, 0) is 44.1 Å². The van der Waals surface area contributed by atoms with Crippen LogP contribution in [0.5, 0.6) is 0 Å². The van der Waals surface area contributed by atoms with Crippen molar-refractivity contribution < 1.29 is 9.90 Å². The number of carbonyl (C=O) groups is 1. The first kappa shape index (κ1) is 14.1. The Bertz CT molecular complexity index is 477. The third-order valence-electron chi connectivity index (χ3n) is 4.66. The zero-order valence-corrected chi connectivity index (χ0v) is 12.8. The van der Waals surface area contributed by atoms with E-state index in [-0.39, 0.29) is 12.5 Å². The average Bonchev–Trinajstić information content (AvgIpc) is 3.13. The van der Waals surface area contributed by atoms with Crippen molar-refractivity contribution >= 4 is 17.2 Å². The van der Waals surface area contributed by atoms with E-state index < -0.39 is 0 Å². The van der Waals surface area contributed by atoms with Crippen LogP contribution in [0.25, 0.3) is 0 Å². The van der Waals surface area contributed by atoms with Gasteiger partial charge < -0.3 is 10.0 Å². The quantitative estimate of drug-likeness (QED) is 0.927. The largest absolute Gasteiger partial charge is 0.395 e. The van der Waals surface area contributed by atoms with Gasteiger partial charge in [0.1, 0.15) is 0 Å². The van der Waals surface area contributed by atoms with Crippen molar-refractivity contribution in [2.24, 2.45) is 0 Å². The zero-order chi connectivity index (χ0) is 13.9. The van der Waals surface area contributed by atoms with Crippen molar-refractivity contribution in [2.75, 3.05) is 13.2 Å². The zero-order valence-electron chi connectivity index (χ0n) is 11.9. The molecule has 0 bridgehead atoms. The van der Waals surface area contributed by atoms with Crippen LogP contribution in [0.3, 0.4) is 0 Å². The van der Waals surface area contributed by atoms with E-state index in [0.717, 1.165) is 31.2 Å². The summed E-state index contributed by atoms with van der Waals surface area (Å²) in [5.74, 6) is 0.158. The first-order valence-corrected chi connectivity index (χ1v) is 8.70. The second-order valence-electron chi connectivity index (χ2n) is 5.92. The molecule has 0 spiro atoms. The van der Waals surface area contributed by atoms with Crippen LogP contribution in [0.4, 0.5) is 0 Å². The number of aliphatic hydroxyl groups is 1. The Labute approximate surface area is 124 Å². The Hall–Kier alpha value is -0.870. The average molecular weight is 293 g/mol. The molecule has 1 heterocycles. The van der Waals surface area contributed by atoms with Gasteiger partial charge >= 0.3 is 0 Å². The number of nitrogens with zero attached hydrogens (tertiary/aromatic N) is 1. The number of aryl methyl sites for hydroxylation is 1. The van der Waals surface area contributed by atoms with E-state index in [1.54, 1.807) is 11.3 Å². The normalized spacial score (nSPS) is 19.1. The van der Waals surface area contributed by atoms with Gasteiger partial charge in [0.05, 0.1) is 12.2 Å². The van der Waals surface area contributed by atoms with Gasteiger partial charge in [0.2, 0.25) is 0 Å². The molecule has 110 valence electrons. The minimum Gasteiger partial charge on any atom is -0.395 e. The fourth-order valence-electron chi connectivity index (χ4n) is 3.60. The Balaban J connectivity index is 1.83. The number of hydrogen-bond donors (Lipinski definition) is 1. The molecule has 2 aliphatic rings. The van der Waals surface area contributed by atoms with Crippen LogP contribution in [0.2, 0.25) is 0 Å². The van der Waals surface area contributed by atoms with Crippen LogP contribution in [-0.4, -0.2) is 35.1 Å². The summed E-state index contributed by atoms with van der Waals surface area (Å²) in [5.41, 5.74) is 2.22. The number of rotatable bonds is 4. The first-order chi connectivity index (χ1) is 9.81. The second-order valence-corrected chi connectivity index (χ2v) is 6.88. The molecule has 1 fully saturated rings. The molecule has 0 saturated heterocycles. The molecule has 3 nitrogen and oxygen atoms in total.